The van der Waals surface area contributed by atoms with Gasteiger partial charge in [0, 0.05) is 20.4 Å². The van der Waals surface area contributed by atoms with Gasteiger partial charge in [0.05, 0.1) is 22.4 Å². The van der Waals surface area contributed by atoms with Crippen LogP contribution in [0.15, 0.2) is 24.3 Å². The third kappa shape index (κ3) is 3.73. The van der Waals surface area contributed by atoms with E-state index in [4.69, 9.17) is 4.18 Å². The molecule has 1 aromatic rings. The van der Waals surface area contributed by atoms with Crippen molar-refractivity contribution in [1.29, 1.82) is 0 Å². The molecule has 0 aromatic heterocycles. The van der Waals surface area contributed by atoms with Gasteiger partial charge in [-0.2, -0.15) is 0 Å². The van der Waals surface area contributed by atoms with Gasteiger partial charge in [0.15, 0.2) is 5.78 Å². The number of benzene rings is 1. The van der Waals surface area contributed by atoms with Gasteiger partial charge in [-0.1, -0.05) is 40.2 Å². The molecule has 1 aromatic carbocycles. The summed E-state index contributed by atoms with van der Waals surface area (Å²) in [5.74, 6) is 0.0901. The van der Waals surface area contributed by atoms with Crippen LogP contribution in [0.2, 0.25) is 0 Å². The van der Waals surface area contributed by atoms with Crippen LogP contribution in [0.25, 0.3) is 0 Å². The molecule has 0 amide bonds. The predicted molar refractivity (Wildman–Crippen MR) is 65.9 cm³/mol. The Kier molecular flexibility index (Phi) is 5.77. The van der Waals surface area contributed by atoms with Crippen molar-refractivity contribution >= 4 is 47.0 Å². The molecule has 0 radical (unpaired) electrons. The summed E-state index contributed by atoms with van der Waals surface area (Å²) in [5, 5.41) is 0.361. The first kappa shape index (κ1) is 12.2. The van der Waals surface area contributed by atoms with Crippen LogP contribution in [0, 0.1) is 0 Å². The molecule has 0 N–H and O–H groups in total. The first-order valence-electron chi connectivity index (χ1n) is 3.86. The topological polar surface area (TPSA) is 26.3 Å². The van der Waals surface area contributed by atoms with Crippen molar-refractivity contribution in [1.82, 2.24) is 0 Å². The molecular weight excluding hydrogens is 332 g/mol. The molecule has 0 saturated carbocycles. The summed E-state index contributed by atoms with van der Waals surface area (Å²) in [5.41, 5.74) is 1.76. The fourth-order valence-corrected chi connectivity index (χ4v) is 1.74. The van der Waals surface area contributed by atoms with E-state index in [1.807, 2.05) is 12.1 Å². The van der Waals surface area contributed by atoms with E-state index in [9.17, 15) is 4.79 Å². The SMILES string of the molecule is O=C(CBr)c1ccc(COSBr)cc1. The van der Waals surface area contributed by atoms with Crippen LogP contribution in [0.1, 0.15) is 15.9 Å². The van der Waals surface area contributed by atoms with Crippen LogP contribution >= 0.6 is 41.2 Å². The molecule has 0 aliphatic rings. The summed E-state index contributed by atoms with van der Waals surface area (Å²) < 4.78 is 5.09. The van der Waals surface area contributed by atoms with Crippen molar-refractivity contribution in [2.24, 2.45) is 0 Å². The maximum atomic E-state index is 11.2. The van der Waals surface area contributed by atoms with Gasteiger partial charge in [-0.05, 0) is 5.56 Å². The zero-order valence-electron chi connectivity index (χ0n) is 7.20. The lowest BCUT2D eigenvalue weighted by molar-refractivity contribution is 0.102. The van der Waals surface area contributed by atoms with E-state index < -0.39 is 0 Å². The lowest BCUT2D eigenvalue weighted by Crippen LogP contribution is -1.99. The second-order valence-electron chi connectivity index (χ2n) is 2.58. The van der Waals surface area contributed by atoms with Gasteiger partial charge in [0.25, 0.3) is 0 Å². The molecular formula is C9H8Br2O2S. The minimum atomic E-state index is 0.0901. The van der Waals surface area contributed by atoms with E-state index in [0.717, 1.165) is 21.6 Å². The quantitative estimate of drug-likeness (QED) is 0.464. The molecule has 0 aliphatic carbocycles. The van der Waals surface area contributed by atoms with Crippen LogP contribution in [-0.4, -0.2) is 11.1 Å². The highest BCUT2D eigenvalue weighted by molar-refractivity contribution is 9.49. The zero-order chi connectivity index (χ0) is 10.4. The molecule has 0 aliphatic heterocycles. The molecule has 0 saturated heterocycles. The molecule has 0 unspecified atom stereocenters. The van der Waals surface area contributed by atoms with Crippen molar-refractivity contribution < 1.29 is 8.98 Å². The number of alkyl halides is 1. The second-order valence-corrected chi connectivity index (χ2v) is 4.29. The summed E-state index contributed by atoms with van der Waals surface area (Å²) in [6.45, 7) is 0.526. The highest BCUT2D eigenvalue weighted by Crippen LogP contribution is 2.15. The number of hydrogen-bond donors (Lipinski definition) is 0. The average molecular weight is 340 g/mol. The van der Waals surface area contributed by atoms with Crippen molar-refractivity contribution in [3.63, 3.8) is 0 Å². The van der Waals surface area contributed by atoms with Crippen LogP contribution in [0.5, 0.6) is 0 Å². The largest absolute Gasteiger partial charge is 0.300 e. The van der Waals surface area contributed by atoms with Gasteiger partial charge in [0.2, 0.25) is 0 Å². The molecule has 0 atom stereocenters. The number of carbonyl (C=O) groups is 1. The molecule has 76 valence electrons. The normalized spacial score (nSPS) is 10.1. The molecule has 14 heavy (non-hydrogen) atoms. The predicted octanol–water partition coefficient (Wildman–Crippen LogP) is 3.74. The molecule has 0 heterocycles. The maximum absolute atomic E-state index is 11.2. The lowest BCUT2D eigenvalue weighted by atomic mass is 10.1. The van der Waals surface area contributed by atoms with E-state index >= 15 is 0 Å². The lowest BCUT2D eigenvalue weighted by Gasteiger charge is -2.01. The summed E-state index contributed by atoms with van der Waals surface area (Å²) in [4.78, 5) is 11.2. The first-order chi connectivity index (χ1) is 6.77. The Bertz CT molecular complexity index is 300. The average Bonchev–Trinajstić information content (AvgIpc) is 2.26. The summed E-state index contributed by atoms with van der Waals surface area (Å²) in [7, 11) is 1.15. The fourth-order valence-electron chi connectivity index (χ4n) is 0.954. The van der Waals surface area contributed by atoms with E-state index in [2.05, 4.69) is 30.7 Å². The summed E-state index contributed by atoms with van der Waals surface area (Å²) in [6.07, 6.45) is 0. The second kappa shape index (κ2) is 6.61. The fraction of sp³-hybridized carbons (Fsp3) is 0.222. The number of carbonyl (C=O) groups excluding carboxylic acids is 1. The van der Waals surface area contributed by atoms with Crippen LogP contribution in [0.3, 0.4) is 0 Å². The van der Waals surface area contributed by atoms with Crippen LogP contribution in [-0.2, 0) is 10.8 Å². The zero-order valence-corrected chi connectivity index (χ0v) is 11.2. The molecule has 0 fully saturated rings. The number of halogens is 2. The van der Waals surface area contributed by atoms with Gasteiger partial charge in [0.1, 0.15) is 0 Å². The minimum Gasteiger partial charge on any atom is -0.300 e. The highest BCUT2D eigenvalue weighted by atomic mass is 79.9. The molecule has 5 heteroatoms. The van der Waals surface area contributed by atoms with Crippen LogP contribution < -0.4 is 0 Å². The van der Waals surface area contributed by atoms with Crippen LogP contribution in [0.4, 0.5) is 0 Å². The van der Waals surface area contributed by atoms with E-state index in [-0.39, 0.29) is 5.78 Å². The number of Topliss-reactive ketones (excluding diaryl/α,β-unsaturated/α-hetero) is 1. The maximum Gasteiger partial charge on any atom is 0.173 e. The highest BCUT2D eigenvalue weighted by Gasteiger charge is 2.02. The Morgan fingerprint density at radius 2 is 2.00 bits per heavy atom. The van der Waals surface area contributed by atoms with Crippen molar-refractivity contribution in [3.05, 3.63) is 35.4 Å². The number of hydrogen-bond acceptors (Lipinski definition) is 3. The summed E-state index contributed by atoms with van der Waals surface area (Å²) >= 11 is 6.22. The van der Waals surface area contributed by atoms with Gasteiger partial charge in [-0.3, -0.25) is 8.98 Å². The Balaban J connectivity index is 2.63. The van der Waals surface area contributed by atoms with E-state index in [1.165, 1.54) is 0 Å². The van der Waals surface area contributed by atoms with Crippen molar-refractivity contribution in [2.45, 2.75) is 6.61 Å². The van der Waals surface area contributed by atoms with Gasteiger partial charge in [-0.15, -0.1) is 0 Å². The molecule has 0 bridgehead atoms. The number of rotatable bonds is 5. The number of ketones is 1. The Labute approximate surface area is 103 Å². The molecule has 2 nitrogen and oxygen atoms in total. The third-order valence-corrected chi connectivity index (χ3v) is 2.94. The van der Waals surface area contributed by atoms with E-state index in [1.54, 1.807) is 12.1 Å². The van der Waals surface area contributed by atoms with Gasteiger partial charge in [-0.25, -0.2) is 0 Å². The van der Waals surface area contributed by atoms with E-state index in [0.29, 0.717) is 11.9 Å². The molecule has 1 rings (SSSR count). The van der Waals surface area contributed by atoms with Gasteiger partial charge < -0.3 is 0 Å². The van der Waals surface area contributed by atoms with Crippen molar-refractivity contribution in [3.8, 4) is 0 Å². The first-order valence-corrected chi connectivity index (χ1v) is 7.57. The molecule has 0 spiro atoms. The third-order valence-electron chi connectivity index (χ3n) is 1.67. The minimum absolute atomic E-state index is 0.0901. The summed E-state index contributed by atoms with van der Waals surface area (Å²) in [6, 6.07) is 7.39. The van der Waals surface area contributed by atoms with Gasteiger partial charge >= 0.3 is 0 Å². The Morgan fingerprint density at radius 3 is 2.50 bits per heavy atom. The Morgan fingerprint density at radius 1 is 1.36 bits per heavy atom. The monoisotopic (exact) mass is 338 g/mol. The van der Waals surface area contributed by atoms with Crippen molar-refractivity contribution in [2.75, 3.05) is 5.33 Å². The smallest absolute Gasteiger partial charge is 0.173 e. The standard InChI is InChI=1S/C9H8Br2O2S/c10-5-9(12)8-3-1-7(2-4-8)6-13-14-11/h1-4H,5-6H2. The Hall–Kier alpha value is 0.160.